The van der Waals surface area contributed by atoms with Gasteiger partial charge < -0.3 is 19.1 Å². The molecule has 2 N–H and O–H groups in total. The maximum atomic E-state index is 11.7. The molecule has 0 bridgehead atoms. The van der Waals surface area contributed by atoms with E-state index in [9.17, 15) is 9.90 Å². The first-order chi connectivity index (χ1) is 13.5. The van der Waals surface area contributed by atoms with Crippen LogP contribution in [0.2, 0.25) is 0 Å². The highest BCUT2D eigenvalue weighted by atomic mass is 16.5. The average Bonchev–Trinajstić information content (AvgIpc) is 2.70. The lowest BCUT2D eigenvalue weighted by atomic mass is 9.91. The fourth-order valence-corrected chi connectivity index (χ4v) is 3.37. The first-order valence-electron chi connectivity index (χ1n) is 8.66. The Balaban J connectivity index is 2.20. The molecule has 0 unspecified atom stereocenters. The van der Waals surface area contributed by atoms with Gasteiger partial charge in [0.05, 0.1) is 19.1 Å². The molecule has 6 heteroatoms. The van der Waals surface area contributed by atoms with Gasteiger partial charge in [-0.1, -0.05) is 24.3 Å². The number of hydrazine groups is 1. The van der Waals surface area contributed by atoms with Gasteiger partial charge in [0.15, 0.2) is 7.05 Å². The number of carbonyl (C=O) groups is 1. The highest BCUT2D eigenvalue weighted by molar-refractivity contribution is 6.07. The van der Waals surface area contributed by atoms with Crippen LogP contribution in [-0.2, 0) is 0 Å². The summed E-state index contributed by atoms with van der Waals surface area (Å²) in [4.78, 5) is 11.7. The molecule has 0 amide bonds. The van der Waals surface area contributed by atoms with Gasteiger partial charge in [-0.2, -0.15) is 0 Å². The van der Waals surface area contributed by atoms with E-state index >= 15 is 0 Å². The maximum Gasteiger partial charge on any atom is 0.232 e. The van der Waals surface area contributed by atoms with Crippen molar-refractivity contribution in [3.8, 4) is 28.2 Å². The van der Waals surface area contributed by atoms with Crippen molar-refractivity contribution in [3.63, 3.8) is 0 Å². The molecule has 0 saturated carbocycles. The Kier molecular flexibility index (Phi) is 4.24. The number of ether oxygens (including phenoxy) is 1. The quantitative estimate of drug-likeness (QED) is 0.256. The van der Waals surface area contributed by atoms with Crippen LogP contribution >= 0.6 is 0 Å². The Bertz CT molecular complexity index is 1250. The number of carbonyl (C=O) groups excluding carboxylic acids is 1. The van der Waals surface area contributed by atoms with Crippen LogP contribution in [0.1, 0.15) is 10.4 Å². The Hall–Kier alpha value is -3.80. The topological polar surface area (TPSA) is 91.5 Å². The third kappa shape index (κ3) is 2.85. The number of nitrogens with zero attached hydrogens (tertiary/aromatic N) is 1. The van der Waals surface area contributed by atoms with Crippen molar-refractivity contribution in [1.29, 1.82) is 0 Å². The van der Waals surface area contributed by atoms with E-state index in [0.717, 1.165) is 21.9 Å². The lowest BCUT2D eigenvalue weighted by Gasteiger charge is -2.18. The molecule has 0 aromatic heterocycles. The predicted molar refractivity (Wildman–Crippen MR) is 105 cm³/mol. The highest BCUT2D eigenvalue weighted by Gasteiger charge is 2.20. The molecular formula is C22H18N2O4. The molecule has 2 aromatic carbocycles. The summed E-state index contributed by atoms with van der Waals surface area (Å²) in [5.41, 5.74) is 2.79. The van der Waals surface area contributed by atoms with E-state index in [1.54, 1.807) is 38.4 Å². The van der Waals surface area contributed by atoms with Crippen LogP contribution < -0.4 is 25.7 Å². The summed E-state index contributed by atoms with van der Waals surface area (Å²) in [6.45, 7) is 0. The molecule has 0 spiro atoms. The normalized spacial score (nSPS) is 12.2. The first-order valence-corrected chi connectivity index (χ1v) is 8.66. The Morgan fingerprint density at radius 2 is 1.86 bits per heavy atom. The van der Waals surface area contributed by atoms with Crippen molar-refractivity contribution in [2.75, 3.05) is 14.2 Å². The van der Waals surface area contributed by atoms with Gasteiger partial charge in [-0.25, -0.2) is 5.84 Å². The average molecular weight is 374 g/mol. The molecule has 0 saturated heterocycles. The van der Waals surface area contributed by atoms with E-state index in [1.165, 1.54) is 10.8 Å². The Labute approximate surface area is 161 Å². The van der Waals surface area contributed by atoms with Crippen LogP contribution in [0.4, 0.5) is 0 Å². The van der Waals surface area contributed by atoms with Gasteiger partial charge in [0.25, 0.3) is 0 Å². The summed E-state index contributed by atoms with van der Waals surface area (Å²) in [6.07, 6.45) is 0. The maximum absolute atomic E-state index is 11.7. The van der Waals surface area contributed by atoms with Crippen LogP contribution in [-0.4, -0.2) is 20.1 Å². The number of fused-ring (bicyclic) bond motifs is 2. The zero-order chi connectivity index (χ0) is 19.8. The molecule has 1 heterocycles. The van der Waals surface area contributed by atoms with Gasteiger partial charge >= 0.3 is 0 Å². The minimum absolute atomic E-state index is 0.118. The Morgan fingerprint density at radius 1 is 1.07 bits per heavy atom. The number of methoxy groups -OCH3 is 1. The minimum atomic E-state index is -1.23. The van der Waals surface area contributed by atoms with Crippen molar-refractivity contribution in [3.05, 3.63) is 71.6 Å². The second-order valence-electron chi connectivity index (χ2n) is 6.46. The number of carboxylic acids is 1. The van der Waals surface area contributed by atoms with Gasteiger partial charge in [0.2, 0.25) is 5.36 Å². The molecule has 140 valence electrons. The number of hydrogen-bond donors (Lipinski definition) is 1. The summed E-state index contributed by atoms with van der Waals surface area (Å²) < 4.78 is 12.9. The number of aromatic carboxylic acids is 1. The van der Waals surface area contributed by atoms with E-state index < -0.39 is 5.97 Å². The highest BCUT2D eigenvalue weighted by Crippen LogP contribution is 2.41. The third-order valence-corrected chi connectivity index (χ3v) is 4.74. The molecule has 0 atom stereocenters. The summed E-state index contributed by atoms with van der Waals surface area (Å²) in [5, 5.41) is 13.3. The smallest absolute Gasteiger partial charge is 0.232 e. The van der Waals surface area contributed by atoms with Crippen molar-refractivity contribution < 1.29 is 19.1 Å². The zero-order valence-corrected chi connectivity index (χ0v) is 15.4. The van der Waals surface area contributed by atoms with E-state index in [1.807, 2.05) is 30.3 Å². The fraction of sp³-hybridized carbons (Fsp3) is 0.0909. The largest absolute Gasteiger partial charge is 0.545 e. The fourth-order valence-electron chi connectivity index (χ4n) is 3.37. The van der Waals surface area contributed by atoms with Crippen molar-refractivity contribution in [2.24, 2.45) is 5.84 Å². The predicted octanol–water partition coefficient (Wildman–Crippen LogP) is 1.85. The van der Waals surface area contributed by atoms with Gasteiger partial charge in [-0.05, 0) is 23.8 Å². The summed E-state index contributed by atoms with van der Waals surface area (Å²) in [7, 11) is 3.31. The van der Waals surface area contributed by atoms with E-state index in [2.05, 4.69) is 0 Å². The van der Waals surface area contributed by atoms with Crippen LogP contribution in [0.15, 0.2) is 65.1 Å². The number of hydrogen-bond acceptors (Lipinski definition) is 5. The van der Waals surface area contributed by atoms with Crippen molar-refractivity contribution >= 4 is 16.9 Å². The van der Waals surface area contributed by atoms with E-state index in [4.69, 9.17) is 15.0 Å². The van der Waals surface area contributed by atoms with Crippen LogP contribution in [0.5, 0.6) is 5.75 Å². The van der Waals surface area contributed by atoms with Gasteiger partial charge in [-0.15, -0.1) is 4.68 Å². The Morgan fingerprint density at radius 3 is 2.57 bits per heavy atom. The van der Waals surface area contributed by atoms with Crippen molar-refractivity contribution in [2.45, 2.75) is 0 Å². The molecular weight excluding hydrogens is 356 g/mol. The molecule has 1 aliphatic carbocycles. The van der Waals surface area contributed by atoms with Crippen LogP contribution in [0.3, 0.4) is 0 Å². The zero-order valence-electron chi connectivity index (χ0n) is 15.4. The standard InChI is InChI=1S/C22H18N2O4/c1-24(23)13-7-9-17-19(11-13)28-20-12-14(27-2)8-10-18(20)21(17)15-5-3-4-6-16(15)22(25)26/h3-12H,23H2,1-2H3/b24-13+. The first kappa shape index (κ1) is 17.6. The summed E-state index contributed by atoms with van der Waals surface area (Å²) in [5.74, 6) is 5.85. The lowest BCUT2D eigenvalue weighted by molar-refractivity contribution is -0.254. The lowest BCUT2D eigenvalue weighted by Crippen LogP contribution is -2.31. The molecule has 28 heavy (non-hydrogen) atoms. The molecule has 2 aromatic rings. The molecule has 1 aliphatic heterocycles. The van der Waals surface area contributed by atoms with Gasteiger partial charge in [0, 0.05) is 34.2 Å². The minimum Gasteiger partial charge on any atom is -0.545 e. The molecule has 2 aliphatic rings. The van der Waals surface area contributed by atoms with Crippen LogP contribution in [0, 0.1) is 0 Å². The van der Waals surface area contributed by atoms with Crippen molar-refractivity contribution in [1.82, 2.24) is 4.68 Å². The number of carboxylic acid groups (broad SMARTS) is 1. The monoisotopic (exact) mass is 374 g/mol. The second kappa shape index (κ2) is 6.74. The molecule has 4 rings (SSSR count). The van der Waals surface area contributed by atoms with Crippen LogP contribution in [0.25, 0.3) is 33.4 Å². The SMILES string of the molecule is COc1ccc2c(-c3ccccc3C(=O)[O-])c3cc/c(=[N+](/C)N)cc-3oc2c1. The molecule has 0 fully saturated rings. The van der Waals surface area contributed by atoms with Gasteiger partial charge in [0.1, 0.15) is 17.1 Å². The van der Waals surface area contributed by atoms with E-state index in [0.29, 0.717) is 22.7 Å². The molecule has 6 nitrogen and oxygen atoms in total. The molecule has 0 radical (unpaired) electrons. The number of benzene rings is 3. The number of nitrogens with two attached hydrogens (primary N) is 1. The third-order valence-electron chi connectivity index (χ3n) is 4.74. The van der Waals surface area contributed by atoms with Gasteiger partial charge in [-0.3, -0.25) is 0 Å². The summed E-state index contributed by atoms with van der Waals surface area (Å²) in [6, 6.07) is 17.8. The number of rotatable bonds is 3. The second-order valence-corrected chi connectivity index (χ2v) is 6.46. The van der Waals surface area contributed by atoms with E-state index in [-0.39, 0.29) is 5.56 Å². The summed E-state index contributed by atoms with van der Waals surface area (Å²) >= 11 is 0.